The number of hydrogen-bond donors (Lipinski definition) is 1. The Hall–Kier alpha value is -1.29. The predicted molar refractivity (Wildman–Crippen MR) is 56.2 cm³/mol. The Morgan fingerprint density at radius 3 is 3.20 bits per heavy atom. The topological polar surface area (TPSA) is 45.5 Å². The molecule has 1 aromatic heterocycles. The van der Waals surface area contributed by atoms with Gasteiger partial charge in [0.1, 0.15) is 5.76 Å². The summed E-state index contributed by atoms with van der Waals surface area (Å²) in [5.41, 5.74) is 0. The molecule has 0 bridgehead atoms. The van der Waals surface area contributed by atoms with Crippen molar-refractivity contribution in [3.8, 4) is 0 Å². The van der Waals surface area contributed by atoms with E-state index in [0.717, 1.165) is 25.3 Å². The molecule has 2 heterocycles. The van der Waals surface area contributed by atoms with Crippen molar-refractivity contribution in [3.05, 3.63) is 24.2 Å². The number of amides is 1. The summed E-state index contributed by atoms with van der Waals surface area (Å²) in [7, 11) is 1.82. The molecule has 1 fully saturated rings. The molecule has 82 valence electrons. The highest BCUT2D eigenvalue weighted by Gasteiger charge is 2.25. The van der Waals surface area contributed by atoms with Crippen LogP contribution in [0.15, 0.2) is 22.8 Å². The molecule has 1 N–H and O–H groups in total. The van der Waals surface area contributed by atoms with Gasteiger partial charge < -0.3 is 14.6 Å². The number of nitrogens with one attached hydrogen (secondary N) is 1. The minimum Gasteiger partial charge on any atom is -0.467 e. The van der Waals surface area contributed by atoms with Gasteiger partial charge in [-0.2, -0.15) is 0 Å². The summed E-state index contributed by atoms with van der Waals surface area (Å²) < 4.78 is 5.21. The average molecular weight is 208 g/mol. The summed E-state index contributed by atoms with van der Waals surface area (Å²) in [4.78, 5) is 13.6. The molecule has 4 heteroatoms. The minimum absolute atomic E-state index is 0.143. The van der Waals surface area contributed by atoms with Gasteiger partial charge in [0.05, 0.1) is 18.7 Å². The summed E-state index contributed by atoms with van der Waals surface area (Å²) in [6.07, 6.45) is 2.58. The zero-order valence-corrected chi connectivity index (χ0v) is 8.90. The van der Waals surface area contributed by atoms with E-state index in [0.29, 0.717) is 6.54 Å². The van der Waals surface area contributed by atoms with E-state index in [-0.39, 0.29) is 11.8 Å². The largest absolute Gasteiger partial charge is 0.467 e. The van der Waals surface area contributed by atoms with E-state index >= 15 is 0 Å². The van der Waals surface area contributed by atoms with Crippen LogP contribution in [-0.2, 0) is 11.3 Å². The summed E-state index contributed by atoms with van der Waals surface area (Å²) in [6.45, 7) is 2.31. The van der Waals surface area contributed by atoms with Gasteiger partial charge in [0.2, 0.25) is 5.91 Å². The second kappa shape index (κ2) is 4.49. The highest BCUT2D eigenvalue weighted by Crippen LogP contribution is 2.13. The van der Waals surface area contributed by atoms with Crippen LogP contribution in [0.4, 0.5) is 0 Å². The summed E-state index contributed by atoms with van der Waals surface area (Å²) >= 11 is 0. The van der Waals surface area contributed by atoms with Crippen LogP contribution < -0.4 is 5.32 Å². The number of furan rings is 1. The quantitative estimate of drug-likeness (QED) is 0.801. The van der Waals surface area contributed by atoms with Crippen molar-refractivity contribution < 1.29 is 9.21 Å². The first-order valence-electron chi connectivity index (χ1n) is 5.25. The summed E-state index contributed by atoms with van der Waals surface area (Å²) in [5, 5.41) is 3.20. The lowest BCUT2D eigenvalue weighted by Gasteiger charge is -2.19. The van der Waals surface area contributed by atoms with E-state index in [9.17, 15) is 4.79 Å². The smallest absolute Gasteiger partial charge is 0.227 e. The molecular weight excluding hydrogens is 192 g/mol. The first-order valence-corrected chi connectivity index (χ1v) is 5.25. The number of rotatable bonds is 3. The van der Waals surface area contributed by atoms with Crippen LogP contribution in [0.1, 0.15) is 12.2 Å². The first kappa shape index (κ1) is 10.2. The van der Waals surface area contributed by atoms with Crippen LogP contribution >= 0.6 is 0 Å². The van der Waals surface area contributed by atoms with Gasteiger partial charge in [-0.25, -0.2) is 0 Å². The highest BCUT2D eigenvalue weighted by atomic mass is 16.3. The zero-order valence-electron chi connectivity index (χ0n) is 8.90. The van der Waals surface area contributed by atoms with Gasteiger partial charge in [0, 0.05) is 13.6 Å². The molecular formula is C11H16N2O2. The maximum absolute atomic E-state index is 11.9. The van der Waals surface area contributed by atoms with E-state index in [4.69, 9.17) is 4.42 Å². The molecule has 15 heavy (non-hydrogen) atoms. The second-order valence-electron chi connectivity index (χ2n) is 3.96. The molecule has 0 spiro atoms. The van der Waals surface area contributed by atoms with Crippen LogP contribution in [0.5, 0.6) is 0 Å². The summed E-state index contributed by atoms with van der Waals surface area (Å²) in [6, 6.07) is 3.72. The fourth-order valence-corrected chi connectivity index (χ4v) is 1.89. The fraction of sp³-hybridized carbons (Fsp3) is 0.545. The van der Waals surface area contributed by atoms with Gasteiger partial charge in [-0.1, -0.05) is 0 Å². The van der Waals surface area contributed by atoms with E-state index in [1.165, 1.54) is 0 Å². The number of hydrogen-bond acceptors (Lipinski definition) is 3. The SMILES string of the molecule is CN(Cc1ccco1)C(=O)[C@H]1CCNC1. The Morgan fingerprint density at radius 2 is 2.60 bits per heavy atom. The maximum atomic E-state index is 11.9. The van der Waals surface area contributed by atoms with E-state index < -0.39 is 0 Å². The molecule has 1 amide bonds. The average Bonchev–Trinajstić information content (AvgIpc) is 2.88. The molecule has 4 nitrogen and oxygen atoms in total. The van der Waals surface area contributed by atoms with Crippen molar-refractivity contribution in [1.29, 1.82) is 0 Å². The van der Waals surface area contributed by atoms with Crippen molar-refractivity contribution >= 4 is 5.91 Å². The third-order valence-electron chi connectivity index (χ3n) is 2.76. The van der Waals surface area contributed by atoms with Crippen LogP contribution in [0.3, 0.4) is 0 Å². The van der Waals surface area contributed by atoms with E-state index in [1.807, 2.05) is 19.2 Å². The van der Waals surface area contributed by atoms with Gasteiger partial charge in [0.25, 0.3) is 0 Å². The van der Waals surface area contributed by atoms with Crippen molar-refractivity contribution in [2.24, 2.45) is 5.92 Å². The molecule has 1 aliphatic heterocycles. The normalized spacial score (nSPS) is 20.5. The second-order valence-corrected chi connectivity index (χ2v) is 3.96. The van der Waals surface area contributed by atoms with Crippen LogP contribution in [0.25, 0.3) is 0 Å². The minimum atomic E-state index is 0.143. The van der Waals surface area contributed by atoms with Crippen LogP contribution in [-0.4, -0.2) is 30.9 Å². The van der Waals surface area contributed by atoms with Gasteiger partial charge in [-0.3, -0.25) is 4.79 Å². The molecule has 2 rings (SSSR count). The molecule has 1 aliphatic rings. The number of carbonyl (C=O) groups excluding carboxylic acids is 1. The van der Waals surface area contributed by atoms with Crippen molar-refractivity contribution in [2.75, 3.05) is 20.1 Å². The zero-order chi connectivity index (χ0) is 10.7. The number of nitrogens with zero attached hydrogens (tertiary/aromatic N) is 1. The molecule has 1 aromatic rings. The summed E-state index contributed by atoms with van der Waals surface area (Å²) in [5.74, 6) is 1.18. The Labute approximate surface area is 89.2 Å². The molecule has 0 aromatic carbocycles. The molecule has 1 atom stereocenters. The van der Waals surface area contributed by atoms with E-state index in [1.54, 1.807) is 11.2 Å². The van der Waals surface area contributed by atoms with Crippen molar-refractivity contribution in [3.63, 3.8) is 0 Å². The fourth-order valence-electron chi connectivity index (χ4n) is 1.89. The monoisotopic (exact) mass is 208 g/mol. The van der Waals surface area contributed by atoms with Gasteiger partial charge >= 0.3 is 0 Å². The van der Waals surface area contributed by atoms with Gasteiger partial charge in [-0.15, -0.1) is 0 Å². The Kier molecular flexibility index (Phi) is 3.06. The molecule has 0 aliphatic carbocycles. The molecule has 1 saturated heterocycles. The third-order valence-corrected chi connectivity index (χ3v) is 2.76. The van der Waals surface area contributed by atoms with Crippen LogP contribution in [0.2, 0.25) is 0 Å². The Balaban J connectivity index is 1.89. The lowest BCUT2D eigenvalue weighted by atomic mass is 10.1. The maximum Gasteiger partial charge on any atom is 0.227 e. The lowest BCUT2D eigenvalue weighted by Crippen LogP contribution is -2.33. The Morgan fingerprint density at radius 1 is 1.73 bits per heavy atom. The van der Waals surface area contributed by atoms with E-state index in [2.05, 4.69) is 5.32 Å². The highest BCUT2D eigenvalue weighted by molar-refractivity contribution is 5.79. The van der Waals surface area contributed by atoms with Crippen molar-refractivity contribution in [1.82, 2.24) is 10.2 Å². The predicted octanol–water partition coefficient (Wildman–Crippen LogP) is 0.847. The lowest BCUT2D eigenvalue weighted by molar-refractivity contribution is -0.134. The van der Waals surface area contributed by atoms with Crippen molar-refractivity contribution in [2.45, 2.75) is 13.0 Å². The third kappa shape index (κ3) is 2.39. The van der Waals surface area contributed by atoms with Gasteiger partial charge in [0.15, 0.2) is 0 Å². The van der Waals surface area contributed by atoms with Crippen LogP contribution in [0, 0.1) is 5.92 Å². The van der Waals surface area contributed by atoms with Gasteiger partial charge in [-0.05, 0) is 25.1 Å². The Bertz CT molecular complexity index is 315. The molecule has 0 unspecified atom stereocenters. The molecule has 0 saturated carbocycles. The number of carbonyl (C=O) groups is 1. The molecule has 0 radical (unpaired) electrons. The standard InChI is InChI=1S/C11H16N2O2/c1-13(8-10-3-2-6-15-10)11(14)9-4-5-12-7-9/h2-3,6,9,12H,4-5,7-8H2,1H3/t9-/m0/s1. The first-order chi connectivity index (χ1) is 7.27.